The van der Waals surface area contributed by atoms with E-state index in [4.69, 9.17) is 11.6 Å². The molecule has 130 valence electrons. The second kappa shape index (κ2) is 7.68. The molecule has 1 atom stereocenters. The van der Waals surface area contributed by atoms with Crippen LogP contribution in [0.4, 0.5) is 0 Å². The van der Waals surface area contributed by atoms with Crippen molar-refractivity contribution >= 4 is 33.0 Å². The van der Waals surface area contributed by atoms with Crippen LogP contribution in [-0.4, -0.2) is 13.5 Å². The highest BCUT2D eigenvalue weighted by atomic mass is 35.5. The van der Waals surface area contributed by atoms with Crippen LogP contribution in [0.1, 0.15) is 21.4 Å². The van der Waals surface area contributed by atoms with E-state index in [1.165, 1.54) is 23.5 Å². The Morgan fingerprint density at radius 2 is 1.68 bits per heavy atom. The standard InChI is InChI=1S/C18H16ClNO3S2/c19-15-8-4-5-9-17(15)25(22,23)20-12-14-10-11-16(24-14)18(21)13-6-2-1-3-7-13/h1-11,18,20-21H,12H2. The van der Waals surface area contributed by atoms with Crippen LogP contribution in [-0.2, 0) is 16.6 Å². The normalized spacial score (nSPS) is 12.9. The van der Waals surface area contributed by atoms with E-state index in [0.717, 1.165) is 15.3 Å². The molecule has 0 saturated carbocycles. The van der Waals surface area contributed by atoms with Gasteiger partial charge < -0.3 is 5.11 Å². The van der Waals surface area contributed by atoms with Gasteiger partial charge in [-0.15, -0.1) is 11.3 Å². The average Bonchev–Trinajstić information content (AvgIpc) is 3.09. The molecule has 0 radical (unpaired) electrons. The average molecular weight is 394 g/mol. The molecule has 2 aromatic carbocycles. The van der Waals surface area contributed by atoms with E-state index >= 15 is 0 Å². The van der Waals surface area contributed by atoms with Crippen LogP contribution >= 0.6 is 22.9 Å². The van der Waals surface area contributed by atoms with Crippen LogP contribution in [0.2, 0.25) is 5.02 Å². The molecule has 1 heterocycles. The summed E-state index contributed by atoms with van der Waals surface area (Å²) in [6, 6.07) is 19.2. The predicted octanol–water partition coefficient (Wildman–Crippen LogP) is 3.96. The Bertz CT molecular complexity index is 955. The highest BCUT2D eigenvalue weighted by molar-refractivity contribution is 7.89. The zero-order valence-corrected chi connectivity index (χ0v) is 15.5. The lowest BCUT2D eigenvalue weighted by Crippen LogP contribution is -2.23. The first kappa shape index (κ1) is 18.1. The van der Waals surface area contributed by atoms with Crippen LogP contribution in [0, 0.1) is 0 Å². The van der Waals surface area contributed by atoms with Gasteiger partial charge in [0.25, 0.3) is 0 Å². The summed E-state index contributed by atoms with van der Waals surface area (Å²) < 4.78 is 27.2. The van der Waals surface area contributed by atoms with Crippen molar-refractivity contribution in [2.45, 2.75) is 17.5 Å². The molecule has 25 heavy (non-hydrogen) atoms. The summed E-state index contributed by atoms with van der Waals surface area (Å²) in [5.74, 6) is 0. The van der Waals surface area contributed by atoms with Gasteiger partial charge in [-0.05, 0) is 29.8 Å². The van der Waals surface area contributed by atoms with Crippen molar-refractivity contribution in [3.8, 4) is 0 Å². The number of sulfonamides is 1. The number of thiophene rings is 1. The van der Waals surface area contributed by atoms with Gasteiger partial charge in [-0.1, -0.05) is 54.1 Å². The number of halogens is 1. The second-order valence-electron chi connectivity index (χ2n) is 5.37. The molecular weight excluding hydrogens is 378 g/mol. The van der Waals surface area contributed by atoms with Crippen molar-refractivity contribution in [3.63, 3.8) is 0 Å². The lowest BCUT2D eigenvalue weighted by atomic mass is 10.1. The first-order valence-corrected chi connectivity index (χ1v) is 10.2. The Labute approximate surface area is 155 Å². The van der Waals surface area contributed by atoms with E-state index in [1.54, 1.807) is 18.2 Å². The Hall–Kier alpha value is -1.70. The number of aliphatic hydroxyl groups is 1. The minimum absolute atomic E-state index is 0.0535. The van der Waals surface area contributed by atoms with Crippen LogP contribution in [0.3, 0.4) is 0 Å². The van der Waals surface area contributed by atoms with Gasteiger partial charge in [-0.2, -0.15) is 0 Å². The number of hydrogen-bond donors (Lipinski definition) is 2. The minimum Gasteiger partial charge on any atom is -0.383 e. The number of rotatable bonds is 6. The lowest BCUT2D eigenvalue weighted by molar-refractivity contribution is 0.224. The Kier molecular flexibility index (Phi) is 5.56. The van der Waals surface area contributed by atoms with Crippen molar-refractivity contribution in [2.75, 3.05) is 0 Å². The number of nitrogens with one attached hydrogen (secondary N) is 1. The quantitative estimate of drug-likeness (QED) is 0.666. The fraction of sp³-hybridized carbons (Fsp3) is 0.111. The van der Waals surface area contributed by atoms with Crippen LogP contribution in [0.15, 0.2) is 71.6 Å². The first-order chi connectivity index (χ1) is 12.0. The zero-order chi connectivity index (χ0) is 17.9. The van der Waals surface area contributed by atoms with Gasteiger partial charge in [-0.3, -0.25) is 0 Å². The van der Waals surface area contributed by atoms with Crippen molar-refractivity contribution < 1.29 is 13.5 Å². The van der Waals surface area contributed by atoms with Gasteiger partial charge in [0, 0.05) is 16.3 Å². The van der Waals surface area contributed by atoms with E-state index in [2.05, 4.69) is 4.72 Å². The van der Waals surface area contributed by atoms with Crippen LogP contribution in [0.25, 0.3) is 0 Å². The van der Waals surface area contributed by atoms with Gasteiger partial charge in [0.15, 0.2) is 0 Å². The maximum Gasteiger partial charge on any atom is 0.242 e. The summed E-state index contributed by atoms with van der Waals surface area (Å²) in [6.45, 7) is 0.139. The largest absolute Gasteiger partial charge is 0.383 e. The Morgan fingerprint density at radius 3 is 2.40 bits per heavy atom. The molecule has 0 aliphatic heterocycles. The third-order valence-electron chi connectivity index (χ3n) is 3.63. The van der Waals surface area contributed by atoms with Crippen LogP contribution < -0.4 is 4.72 Å². The summed E-state index contributed by atoms with van der Waals surface area (Å²) >= 11 is 7.32. The fourth-order valence-electron chi connectivity index (χ4n) is 2.34. The lowest BCUT2D eigenvalue weighted by Gasteiger charge is -2.08. The van der Waals surface area contributed by atoms with E-state index in [-0.39, 0.29) is 16.5 Å². The van der Waals surface area contributed by atoms with E-state index < -0.39 is 16.1 Å². The zero-order valence-electron chi connectivity index (χ0n) is 13.1. The first-order valence-electron chi connectivity index (χ1n) is 7.53. The molecule has 2 N–H and O–H groups in total. The summed E-state index contributed by atoms with van der Waals surface area (Å²) in [6.07, 6.45) is -0.722. The summed E-state index contributed by atoms with van der Waals surface area (Å²) in [5.41, 5.74) is 0.799. The van der Waals surface area contributed by atoms with Crippen molar-refractivity contribution in [1.82, 2.24) is 4.72 Å². The molecule has 0 bridgehead atoms. The summed E-state index contributed by atoms with van der Waals surface area (Å²) in [4.78, 5) is 1.62. The minimum atomic E-state index is -3.69. The molecule has 1 aromatic heterocycles. The van der Waals surface area contributed by atoms with Gasteiger partial charge in [-0.25, -0.2) is 13.1 Å². The smallest absolute Gasteiger partial charge is 0.242 e. The molecule has 1 unspecified atom stereocenters. The van der Waals surface area contributed by atoms with Crippen LogP contribution in [0.5, 0.6) is 0 Å². The third-order valence-corrected chi connectivity index (χ3v) is 6.67. The van der Waals surface area contributed by atoms with Crippen molar-refractivity contribution in [2.24, 2.45) is 0 Å². The number of benzene rings is 2. The van der Waals surface area contributed by atoms with E-state index in [9.17, 15) is 13.5 Å². The maximum absolute atomic E-state index is 12.3. The van der Waals surface area contributed by atoms with Crippen molar-refractivity contribution in [3.05, 3.63) is 87.1 Å². The monoisotopic (exact) mass is 393 g/mol. The molecule has 3 rings (SSSR count). The van der Waals surface area contributed by atoms with Gasteiger partial charge in [0.1, 0.15) is 11.0 Å². The molecule has 7 heteroatoms. The molecule has 4 nitrogen and oxygen atoms in total. The Morgan fingerprint density at radius 1 is 1.00 bits per heavy atom. The van der Waals surface area contributed by atoms with Gasteiger partial charge in [0.2, 0.25) is 10.0 Å². The molecule has 0 aliphatic rings. The molecule has 3 aromatic rings. The fourth-order valence-corrected chi connectivity index (χ4v) is 4.92. The molecule has 0 spiro atoms. The summed E-state index contributed by atoms with van der Waals surface area (Å²) in [5, 5.41) is 10.6. The third kappa shape index (κ3) is 4.29. The maximum atomic E-state index is 12.3. The van der Waals surface area contributed by atoms with Gasteiger partial charge >= 0.3 is 0 Å². The highest BCUT2D eigenvalue weighted by Gasteiger charge is 2.18. The van der Waals surface area contributed by atoms with Crippen molar-refractivity contribution in [1.29, 1.82) is 0 Å². The SMILES string of the molecule is O=S(=O)(NCc1ccc(C(O)c2ccccc2)s1)c1ccccc1Cl. The topological polar surface area (TPSA) is 66.4 Å². The number of aliphatic hydroxyl groups excluding tert-OH is 1. The number of hydrogen-bond acceptors (Lipinski definition) is 4. The molecule has 0 aliphatic carbocycles. The molecule has 0 saturated heterocycles. The summed E-state index contributed by atoms with van der Waals surface area (Å²) in [7, 11) is -3.69. The molecule has 0 amide bonds. The second-order valence-corrected chi connectivity index (χ2v) is 8.71. The highest BCUT2D eigenvalue weighted by Crippen LogP contribution is 2.28. The van der Waals surface area contributed by atoms with E-state index in [0.29, 0.717) is 0 Å². The predicted molar refractivity (Wildman–Crippen MR) is 100 cm³/mol. The molecular formula is C18H16ClNO3S2. The van der Waals surface area contributed by atoms with E-state index in [1.807, 2.05) is 36.4 Å². The Balaban J connectivity index is 1.71. The van der Waals surface area contributed by atoms with Gasteiger partial charge in [0.05, 0.1) is 5.02 Å². The molecule has 0 fully saturated rings.